The fraction of sp³-hybridized carbons (Fsp3) is 0.818. The van der Waals surface area contributed by atoms with E-state index in [-0.39, 0.29) is 0 Å². The van der Waals surface area contributed by atoms with E-state index < -0.39 is 0 Å². The summed E-state index contributed by atoms with van der Waals surface area (Å²) in [4.78, 5) is 2.48. The number of anilines is 1. The maximum absolute atomic E-state index is 4.23. The molecule has 1 saturated heterocycles. The number of rotatable bonds is 4. The lowest BCUT2D eigenvalue weighted by Crippen LogP contribution is -2.42. The van der Waals surface area contributed by atoms with Gasteiger partial charge in [-0.15, -0.1) is 5.10 Å². The van der Waals surface area contributed by atoms with Crippen molar-refractivity contribution in [2.75, 3.05) is 30.7 Å². The highest BCUT2D eigenvalue weighted by Crippen LogP contribution is 2.30. The summed E-state index contributed by atoms with van der Waals surface area (Å²) >= 11 is 3.52. The molecule has 0 radical (unpaired) electrons. The third kappa shape index (κ3) is 3.56. The minimum absolute atomic E-state index is 0.361. The molecule has 1 N–H and O–H groups in total. The topological polar surface area (TPSA) is 41.1 Å². The monoisotopic (exact) mass is 272 g/mol. The highest BCUT2D eigenvalue weighted by molar-refractivity contribution is 8.00. The van der Waals surface area contributed by atoms with Gasteiger partial charge in [-0.3, -0.25) is 4.90 Å². The van der Waals surface area contributed by atoms with Crippen LogP contribution in [0.5, 0.6) is 0 Å². The average molecular weight is 272 g/mol. The van der Waals surface area contributed by atoms with Crippen molar-refractivity contribution in [3.63, 3.8) is 0 Å². The molecule has 2 heterocycles. The Morgan fingerprint density at radius 2 is 2.29 bits per heavy atom. The number of aromatic nitrogens is 2. The molecule has 1 aromatic rings. The molecule has 4 nitrogen and oxygen atoms in total. The lowest BCUT2D eigenvalue weighted by atomic mass is 10.2. The molecule has 0 atom stereocenters. The first kappa shape index (κ1) is 13.1. The van der Waals surface area contributed by atoms with Gasteiger partial charge in [0.15, 0.2) is 0 Å². The van der Waals surface area contributed by atoms with Crippen molar-refractivity contribution in [2.45, 2.75) is 32.1 Å². The highest BCUT2D eigenvalue weighted by atomic mass is 32.2. The van der Waals surface area contributed by atoms with Gasteiger partial charge in [-0.05, 0) is 20.8 Å². The fourth-order valence-electron chi connectivity index (χ4n) is 2.07. The molecule has 0 amide bonds. The molecule has 1 aliphatic heterocycles. The Balaban J connectivity index is 1.98. The number of hydrogen-bond donors (Lipinski definition) is 1. The van der Waals surface area contributed by atoms with E-state index in [4.69, 9.17) is 0 Å². The molecule has 0 unspecified atom stereocenters. The maximum atomic E-state index is 4.23. The SMILES string of the molecule is CCNc1snnc1CN1CCSC(C)(C)C1. The van der Waals surface area contributed by atoms with Crippen molar-refractivity contribution >= 4 is 28.3 Å². The Morgan fingerprint density at radius 3 is 3.00 bits per heavy atom. The highest BCUT2D eigenvalue weighted by Gasteiger charge is 2.27. The molecule has 1 aromatic heterocycles. The van der Waals surface area contributed by atoms with Gasteiger partial charge in [0, 0.05) is 48.2 Å². The molecule has 1 fully saturated rings. The Hall–Kier alpha value is -0.330. The summed E-state index contributed by atoms with van der Waals surface area (Å²) < 4.78 is 4.40. The van der Waals surface area contributed by atoms with E-state index in [1.165, 1.54) is 17.3 Å². The lowest BCUT2D eigenvalue weighted by Gasteiger charge is -2.37. The summed E-state index contributed by atoms with van der Waals surface area (Å²) in [7, 11) is 0. The standard InChI is InChI=1S/C11H20N4S2/c1-4-12-10-9(13-14-17-10)7-15-5-6-16-11(2,3)8-15/h12H,4-8H2,1-3H3. The van der Waals surface area contributed by atoms with Crippen LogP contribution < -0.4 is 5.32 Å². The molecule has 0 saturated carbocycles. The van der Waals surface area contributed by atoms with Gasteiger partial charge in [0.25, 0.3) is 0 Å². The van der Waals surface area contributed by atoms with Gasteiger partial charge in [0.1, 0.15) is 10.7 Å². The zero-order chi connectivity index (χ0) is 12.3. The molecule has 6 heteroatoms. The first-order chi connectivity index (χ1) is 8.11. The van der Waals surface area contributed by atoms with Crippen LogP contribution in [0.1, 0.15) is 26.5 Å². The molecule has 2 rings (SSSR count). The van der Waals surface area contributed by atoms with E-state index in [1.54, 1.807) is 0 Å². The zero-order valence-corrected chi connectivity index (χ0v) is 12.3. The molecule has 1 aliphatic rings. The Morgan fingerprint density at radius 1 is 1.47 bits per heavy atom. The van der Waals surface area contributed by atoms with Crippen LogP contribution in [0.2, 0.25) is 0 Å². The molecular formula is C11H20N4S2. The van der Waals surface area contributed by atoms with Crippen molar-refractivity contribution in [1.29, 1.82) is 0 Å². The van der Waals surface area contributed by atoms with Crippen LogP contribution in [-0.2, 0) is 6.54 Å². The third-order valence-corrected chi connectivity index (χ3v) is 4.79. The predicted molar refractivity (Wildman–Crippen MR) is 75.9 cm³/mol. The number of nitrogens with zero attached hydrogens (tertiary/aromatic N) is 3. The molecule has 17 heavy (non-hydrogen) atoms. The minimum Gasteiger partial charge on any atom is -0.374 e. The van der Waals surface area contributed by atoms with Gasteiger partial charge < -0.3 is 5.32 Å². The third-order valence-electron chi connectivity index (χ3n) is 2.77. The number of hydrogen-bond acceptors (Lipinski definition) is 6. The summed E-state index contributed by atoms with van der Waals surface area (Å²) in [6, 6.07) is 0. The molecular weight excluding hydrogens is 252 g/mol. The minimum atomic E-state index is 0.361. The summed E-state index contributed by atoms with van der Waals surface area (Å²) in [5.74, 6) is 1.21. The van der Waals surface area contributed by atoms with Crippen molar-refractivity contribution in [3.8, 4) is 0 Å². The Kier molecular flexibility index (Phi) is 4.27. The van der Waals surface area contributed by atoms with Gasteiger partial charge in [-0.2, -0.15) is 11.8 Å². The van der Waals surface area contributed by atoms with Crippen molar-refractivity contribution in [2.24, 2.45) is 0 Å². The van der Waals surface area contributed by atoms with Crippen LogP contribution in [-0.4, -0.2) is 44.6 Å². The van der Waals surface area contributed by atoms with E-state index in [9.17, 15) is 0 Å². The first-order valence-electron chi connectivity index (χ1n) is 6.02. The molecule has 0 aromatic carbocycles. The summed E-state index contributed by atoms with van der Waals surface area (Å²) in [5, 5.41) is 8.69. The summed E-state index contributed by atoms with van der Waals surface area (Å²) in [5.41, 5.74) is 1.10. The van der Waals surface area contributed by atoms with Crippen molar-refractivity contribution < 1.29 is 0 Å². The van der Waals surface area contributed by atoms with E-state index in [2.05, 4.69) is 52.3 Å². The fourth-order valence-corrected chi connectivity index (χ4v) is 3.88. The molecule has 0 spiro atoms. The van der Waals surface area contributed by atoms with Gasteiger partial charge in [0.05, 0.1) is 0 Å². The first-order valence-corrected chi connectivity index (χ1v) is 7.78. The van der Waals surface area contributed by atoms with Crippen LogP contribution in [0.15, 0.2) is 0 Å². The quantitative estimate of drug-likeness (QED) is 0.911. The predicted octanol–water partition coefficient (Wildman–Crippen LogP) is 2.30. The second-order valence-corrected chi connectivity index (χ2v) is 7.45. The zero-order valence-electron chi connectivity index (χ0n) is 10.7. The van der Waals surface area contributed by atoms with E-state index in [0.29, 0.717) is 4.75 Å². The maximum Gasteiger partial charge on any atom is 0.134 e. The van der Waals surface area contributed by atoms with Crippen LogP contribution in [0.4, 0.5) is 5.00 Å². The smallest absolute Gasteiger partial charge is 0.134 e. The van der Waals surface area contributed by atoms with E-state index in [1.807, 2.05) is 0 Å². The normalized spacial score (nSPS) is 20.4. The second kappa shape index (κ2) is 5.54. The molecule has 96 valence electrons. The van der Waals surface area contributed by atoms with Crippen LogP contribution in [0, 0.1) is 0 Å². The Bertz CT molecular complexity index is 364. The van der Waals surface area contributed by atoms with Crippen LogP contribution >= 0.6 is 23.3 Å². The lowest BCUT2D eigenvalue weighted by molar-refractivity contribution is 0.250. The number of thioether (sulfide) groups is 1. The number of nitrogens with one attached hydrogen (secondary N) is 1. The summed E-state index contributed by atoms with van der Waals surface area (Å²) in [6.07, 6.45) is 0. The van der Waals surface area contributed by atoms with E-state index in [0.717, 1.165) is 36.9 Å². The van der Waals surface area contributed by atoms with Gasteiger partial charge >= 0.3 is 0 Å². The molecule has 0 bridgehead atoms. The molecule has 0 aliphatic carbocycles. The Labute approximate surface area is 111 Å². The second-order valence-electron chi connectivity index (χ2n) is 4.90. The van der Waals surface area contributed by atoms with E-state index >= 15 is 0 Å². The summed E-state index contributed by atoms with van der Waals surface area (Å²) in [6.45, 7) is 10.9. The van der Waals surface area contributed by atoms with Crippen molar-refractivity contribution in [1.82, 2.24) is 14.5 Å². The van der Waals surface area contributed by atoms with Gasteiger partial charge in [-0.25, -0.2) is 0 Å². The van der Waals surface area contributed by atoms with Gasteiger partial charge in [-0.1, -0.05) is 4.49 Å². The largest absolute Gasteiger partial charge is 0.374 e. The van der Waals surface area contributed by atoms with Gasteiger partial charge in [0.2, 0.25) is 0 Å². The van der Waals surface area contributed by atoms with Crippen LogP contribution in [0.25, 0.3) is 0 Å². The van der Waals surface area contributed by atoms with Crippen LogP contribution in [0.3, 0.4) is 0 Å². The average Bonchev–Trinajstić information content (AvgIpc) is 2.65. The van der Waals surface area contributed by atoms with Crippen molar-refractivity contribution in [3.05, 3.63) is 5.69 Å².